The molecule has 4 rings (SSSR count). The molecule has 30 heavy (non-hydrogen) atoms. The number of halogens is 1. The highest BCUT2D eigenvalue weighted by Crippen LogP contribution is 2.42. The van der Waals surface area contributed by atoms with Gasteiger partial charge in [0.1, 0.15) is 23.3 Å². The summed E-state index contributed by atoms with van der Waals surface area (Å²) >= 11 is 7.55. The number of aliphatic hydroxyl groups excluding tert-OH is 1. The number of thiophene rings is 1. The fourth-order valence-corrected chi connectivity index (χ4v) is 4.45. The smallest absolute Gasteiger partial charge is 0.296 e. The van der Waals surface area contributed by atoms with Crippen molar-refractivity contribution in [3.8, 4) is 5.75 Å². The molecular weight excluding hydrogens is 426 g/mol. The van der Waals surface area contributed by atoms with E-state index < -0.39 is 17.7 Å². The summed E-state index contributed by atoms with van der Waals surface area (Å²) in [6, 6.07) is 11.1. The number of furan rings is 1. The number of Topliss-reactive ketones (excluding diaryl/α,β-unsaturated/α-hetero) is 1. The van der Waals surface area contributed by atoms with Gasteiger partial charge in [-0.1, -0.05) is 17.7 Å². The van der Waals surface area contributed by atoms with Crippen LogP contribution in [0.3, 0.4) is 0 Å². The monoisotopic (exact) mass is 443 g/mol. The number of amides is 1. The number of rotatable bonds is 6. The van der Waals surface area contributed by atoms with Crippen LogP contribution in [0.4, 0.5) is 0 Å². The molecule has 1 aliphatic heterocycles. The van der Waals surface area contributed by atoms with Crippen LogP contribution in [-0.4, -0.2) is 28.3 Å². The average Bonchev–Trinajstić information content (AvgIpc) is 3.48. The fourth-order valence-electron chi connectivity index (χ4n) is 3.43. The SMILES string of the molecule is CCOc1cc(/C(O)=C2/C(=O)C(=O)N(Cc3ccco3)C2c2cccs2)ccc1Cl. The van der Waals surface area contributed by atoms with Crippen LogP contribution in [0.5, 0.6) is 5.75 Å². The second-order valence-corrected chi connectivity index (χ2v) is 7.99. The number of carbonyl (C=O) groups excluding carboxylic acids is 2. The Morgan fingerprint density at radius 1 is 1.27 bits per heavy atom. The lowest BCUT2D eigenvalue weighted by atomic mass is 9.99. The number of likely N-dealkylation sites (tertiary alicyclic amines) is 1. The Hall–Kier alpha value is -3.03. The van der Waals surface area contributed by atoms with Crippen LogP contribution >= 0.6 is 22.9 Å². The van der Waals surface area contributed by atoms with E-state index in [1.165, 1.54) is 22.5 Å². The van der Waals surface area contributed by atoms with E-state index in [-0.39, 0.29) is 17.9 Å². The summed E-state index contributed by atoms with van der Waals surface area (Å²) in [7, 11) is 0. The van der Waals surface area contributed by atoms with Gasteiger partial charge in [0.25, 0.3) is 11.7 Å². The summed E-state index contributed by atoms with van der Waals surface area (Å²) in [5.41, 5.74) is 0.374. The fraction of sp³-hybridized carbons (Fsp3) is 0.182. The molecule has 1 aliphatic rings. The van der Waals surface area contributed by atoms with Crippen LogP contribution in [0, 0.1) is 0 Å². The molecule has 0 spiro atoms. The molecular formula is C22H18ClNO5S. The van der Waals surface area contributed by atoms with E-state index in [0.29, 0.717) is 28.7 Å². The molecule has 1 N–H and O–H groups in total. The van der Waals surface area contributed by atoms with Crippen molar-refractivity contribution >= 4 is 40.4 Å². The van der Waals surface area contributed by atoms with Crippen LogP contribution in [-0.2, 0) is 16.1 Å². The molecule has 1 atom stereocenters. The first-order chi connectivity index (χ1) is 14.5. The Kier molecular flexibility index (Phi) is 5.65. The van der Waals surface area contributed by atoms with Crippen LogP contribution in [0.2, 0.25) is 5.02 Å². The van der Waals surface area contributed by atoms with Gasteiger partial charge in [-0.2, -0.15) is 0 Å². The zero-order valence-corrected chi connectivity index (χ0v) is 17.6. The van der Waals surface area contributed by atoms with Gasteiger partial charge in [0.05, 0.1) is 30.0 Å². The van der Waals surface area contributed by atoms with Gasteiger partial charge < -0.3 is 19.2 Å². The largest absolute Gasteiger partial charge is 0.507 e. The van der Waals surface area contributed by atoms with E-state index in [1.54, 1.807) is 30.3 Å². The van der Waals surface area contributed by atoms with E-state index >= 15 is 0 Å². The maximum atomic E-state index is 12.9. The van der Waals surface area contributed by atoms with Crippen LogP contribution < -0.4 is 4.74 Å². The summed E-state index contributed by atoms with van der Waals surface area (Å²) in [6.45, 7) is 2.33. The molecule has 6 nitrogen and oxygen atoms in total. The number of hydrogen-bond donors (Lipinski definition) is 1. The van der Waals surface area contributed by atoms with Crippen molar-refractivity contribution in [1.29, 1.82) is 0 Å². The summed E-state index contributed by atoms with van der Waals surface area (Å²) < 4.78 is 10.9. The first kappa shape index (κ1) is 20.3. The van der Waals surface area contributed by atoms with Crippen molar-refractivity contribution in [2.75, 3.05) is 6.61 Å². The van der Waals surface area contributed by atoms with Crippen molar-refractivity contribution in [2.45, 2.75) is 19.5 Å². The molecule has 3 aromatic rings. The summed E-state index contributed by atoms with van der Waals surface area (Å²) in [6.07, 6.45) is 1.51. The van der Waals surface area contributed by atoms with E-state index in [4.69, 9.17) is 20.8 Å². The second-order valence-electron chi connectivity index (χ2n) is 6.60. The van der Waals surface area contributed by atoms with E-state index in [9.17, 15) is 14.7 Å². The highest BCUT2D eigenvalue weighted by molar-refractivity contribution is 7.10. The first-order valence-electron chi connectivity index (χ1n) is 9.28. The lowest BCUT2D eigenvalue weighted by Gasteiger charge is -2.23. The van der Waals surface area contributed by atoms with Gasteiger partial charge in [0, 0.05) is 10.4 Å². The Bertz CT molecular complexity index is 1100. The molecule has 0 saturated carbocycles. The summed E-state index contributed by atoms with van der Waals surface area (Å²) in [5, 5.41) is 13.3. The molecule has 3 heterocycles. The van der Waals surface area contributed by atoms with Crippen LogP contribution in [0.15, 0.2) is 64.1 Å². The third-order valence-electron chi connectivity index (χ3n) is 4.76. The van der Waals surface area contributed by atoms with E-state index in [2.05, 4.69) is 0 Å². The second kappa shape index (κ2) is 8.38. The van der Waals surface area contributed by atoms with Crippen molar-refractivity contribution < 1.29 is 23.8 Å². The zero-order chi connectivity index (χ0) is 21.3. The van der Waals surface area contributed by atoms with Crippen molar-refractivity contribution in [1.82, 2.24) is 4.90 Å². The lowest BCUT2D eigenvalue weighted by molar-refractivity contribution is -0.140. The predicted molar refractivity (Wildman–Crippen MR) is 113 cm³/mol. The topological polar surface area (TPSA) is 80.0 Å². The molecule has 0 aliphatic carbocycles. The molecule has 1 aromatic carbocycles. The third kappa shape index (κ3) is 3.62. The van der Waals surface area contributed by atoms with Gasteiger partial charge in [-0.25, -0.2) is 0 Å². The number of ketones is 1. The Morgan fingerprint density at radius 3 is 2.77 bits per heavy atom. The molecule has 154 valence electrons. The minimum Gasteiger partial charge on any atom is -0.507 e. The first-order valence-corrected chi connectivity index (χ1v) is 10.5. The van der Waals surface area contributed by atoms with Gasteiger partial charge in [-0.05, 0) is 48.7 Å². The molecule has 1 unspecified atom stereocenters. The number of nitrogens with zero attached hydrogens (tertiary/aromatic N) is 1. The number of hydrogen-bond acceptors (Lipinski definition) is 6. The lowest BCUT2D eigenvalue weighted by Crippen LogP contribution is -2.28. The molecule has 1 amide bonds. The van der Waals surface area contributed by atoms with E-state index in [1.807, 2.05) is 24.4 Å². The molecule has 1 fully saturated rings. The Morgan fingerprint density at radius 2 is 2.10 bits per heavy atom. The number of aliphatic hydroxyl groups is 1. The van der Waals surface area contributed by atoms with Crippen LogP contribution in [0.1, 0.15) is 29.2 Å². The zero-order valence-electron chi connectivity index (χ0n) is 16.0. The number of ether oxygens (including phenoxy) is 1. The molecule has 0 bridgehead atoms. The Balaban J connectivity index is 1.83. The third-order valence-corrected chi connectivity index (χ3v) is 6.00. The van der Waals surface area contributed by atoms with Crippen LogP contribution in [0.25, 0.3) is 5.76 Å². The minimum atomic E-state index is -0.745. The summed E-state index contributed by atoms with van der Waals surface area (Å²) in [5.74, 6) is -0.772. The minimum absolute atomic E-state index is 0.0266. The van der Waals surface area contributed by atoms with Gasteiger partial charge in [-0.3, -0.25) is 9.59 Å². The molecule has 8 heteroatoms. The van der Waals surface area contributed by atoms with E-state index in [0.717, 1.165) is 4.88 Å². The van der Waals surface area contributed by atoms with Gasteiger partial charge in [-0.15, -0.1) is 11.3 Å². The molecule has 2 aromatic heterocycles. The normalized spacial score (nSPS) is 18.2. The van der Waals surface area contributed by atoms with Crippen molar-refractivity contribution in [2.24, 2.45) is 0 Å². The predicted octanol–water partition coefficient (Wildman–Crippen LogP) is 5.02. The molecule has 1 saturated heterocycles. The Labute approximate surface area is 181 Å². The standard InChI is InChI=1S/C22H18ClNO5S/c1-2-28-16-11-13(7-8-15(16)23)20(25)18-19(17-6-4-10-30-17)24(22(27)21(18)26)12-14-5-3-9-29-14/h3-11,19,25H,2,12H2,1H3/b20-18-. The van der Waals surface area contributed by atoms with Gasteiger partial charge >= 0.3 is 0 Å². The maximum Gasteiger partial charge on any atom is 0.296 e. The maximum absolute atomic E-state index is 12.9. The number of carbonyl (C=O) groups is 2. The van der Waals surface area contributed by atoms with Crippen molar-refractivity contribution in [3.05, 3.63) is 80.9 Å². The number of benzene rings is 1. The highest BCUT2D eigenvalue weighted by Gasteiger charge is 2.46. The molecule has 0 radical (unpaired) electrons. The highest BCUT2D eigenvalue weighted by atomic mass is 35.5. The van der Waals surface area contributed by atoms with Crippen molar-refractivity contribution in [3.63, 3.8) is 0 Å². The van der Waals surface area contributed by atoms with Gasteiger partial charge in [0.2, 0.25) is 0 Å². The summed E-state index contributed by atoms with van der Waals surface area (Å²) in [4.78, 5) is 28.0. The quantitative estimate of drug-likeness (QED) is 0.329. The average molecular weight is 444 g/mol. The van der Waals surface area contributed by atoms with Gasteiger partial charge in [0.15, 0.2) is 0 Å².